The fraction of sp³-hybridized carbons (Fsp3) is 0.450. The van der Waals surface area contributed by atoms with Crippen molar-refractivity contribution in [3.63, 3.8) is 0 Å². The molecule has 0 saturated carbocycles. The van der Waals surface area contributed by atoms with Crippen molar-refractivity contribution in [1.29, 1.82) is 0 Å². The topological polar surface area (TPSA) is 150 Å². The Balaban J connectivity index is 1.16. The Morgan fingerprint density at radius 3 is 2.86 bits per heavy atom. The molecule has 50 heavy (non-hydrogen) atoms. The van der Waals surface area contributed by atoms with Crippen LogP contribution in [-0.4, -0.2) is 63.2 Å². The van der Waals surface area contributed by atoms with E-state index >= 15 is 0 Å². The van der Waals surface area contributed by atoms with Crippen molar-refractivity contribution < 1.29 is 29.6 Å². The second kappa shape index (κ2) is 14.8. The van der Waals surface area contributed by atoms with Crippen LogP contribution in [0.1, 0.15) is 85.5 Å². The summed E-state index contributed by atoms with van der Waals surface area (Å²) in [6.07, 6.45) is 7.62. The number of ketones is 1. The van der Waals surface area contributed by atoms with E-state index in [1.54, 1.807) is 6.07 Å². The van der Waals surface area contributed by atoms with Crippen LogP contribution < -0.4 is 20.5 Å². The molecule has 2 aromatic rings. The molecule has 2 bridgehead atoms. The molecule has 0 aliphatic carbocycles. The zero-order chi connectivity index (χ0) is 34.8. The van der Waals surface area contributed by atoms with Crippen molar-refractivity contribution in [2.24, 2.45) is 16.6 Å². The van der Waals surface area contributed by atoms with Gasteiger partial charge in [-0.05, 0) is 71.2 Å². The molecule has 0 radical (unpaired) electrons. The van der Waals surface area contributed by atoms with Gasteiger partial charge in [0.05, 0.1) is 36.5 Å². The fourth-order valence-electron chi connectivity index (χ4n) is 7.51. The standard InChI is InChI=1S/C40H44N4O6/c1-2-4-27(45)19-29(47)20-28(46)9-6-24-7-13-37-38(17-24)50-40-25(5-3-16-49-37)8-12-36(48)31-10-11-32-30(14-15-42-39(32)41)33(31)18-26-21-43-35-23-44(40)22-34(26)35/h7,10-11,13,17,21-22,25,27,29,36,39-40,42,45,47-48H,2,4-6,9,14-15,18-20,23,41H2,1H3. The third-order valence-corrected chi connectivity index (χ3v) is 10.1. The highest BCUT2D eigenvalue weighted by atomic mass is 16.5. The number of fused-ring (bicyclic) bond motifs is 7. The van der Waals surface area contributed by atoms with Crippen LogP contribution in [0.5, 0.6) is 11.5 Å². The summed E-state index contributed by atoms with van der Waals surface area (Å²) < 4.78 is 12.6. The summed E-state index contributed by atoms with van der Waals surface area (Å²) in [6.45, 7) is 3.27. The number of aliphatic hydroxyl groups is 3. The normalized spacial score (nSPS) is 24.3. The van der Waals surface area contributed by atoms with E-state index in [9.17, 15) is 20.1 Å². The number of carbonyl (C=O) groups excluding carboxylic acids is 1. The minimum atomic E-state index is -1.02. The molecule has 0 aromatic heterocycles. The van der Waals surface area contributed by atoms with Crippen molar-refractivity contribution in [3.05, 3.63) is 81.7 Å². The number of hydrogen-bond acceptors (Lipinski definition) is 10. The van der Waals surface area contributed by atoms with Crippen LogP contribution in [0.25, 0.3) is 0 Å². The van der Waals surface area contributed by atoms with E-state index in [0.717, 1.165) is 58.5 Å². The molecule has 260 valence electrons. The molecule has 5 aliphatic rings. The summed E-state index contributed by atoms with van der Waals surface area (Å²) in [5, 5.41) is 35.2. The van der Waals surface area contributed by atoms with Gasteiger partial charge in [-0.15, -0.1) is 0 Å². The zero-order valence-corrected chi connectivity index (χ0v) is 28.3. The predicted molar refractivity (Wildman–Crippen MR) is 189 cm³/mol. The first-order valence-corrected chi connectivity index (χ1v) is 17.7. The Bertz CT molecular complexity index is 1880. The van der Waals surface area contributed by atoms with Crippen LogP contribution >= 0.6 is 0 Å². The number of aliphatic hydroxyl groups excluding tert-OH is 3. The highest BCUT2D eigenvalue weighted by molar-refractivity contribution is 6.09. The minimum absolute atomic E-state index is 0.0107. The molecular formula is C40H44N4O6. The summed E-state index contributed by atoms with van der Waals surface area (Å²) in [7, 11) is 0. The Morgan fingerprint density at radius 1 is 1.14 bits per heavy atom. The van der Waals surface area contributed by atoms with Gasteiger partial charge in [-0.25, -0.2) is 0 Å². The number of aryl methyl sites for hydroxylation is 1. The molecule has 7 rings (SSSR count). The Hall–Kier alpha value is -4.42. The summed E-state index contributed by atoms with van der Waals surface area (Å²) >= 11 is 0. The maximum atomic E-state index is 12.7. The van der Waals surface area contributed by atoms with Crippen LogP contribution in [0.2, 0.25) is 0 Å². The molecule has 0 saturated heterocycles. The molecule has 10 heteroatoms. The van der Waals surface area contributed by atoms with Crippen molar-refractivity contribution >= 4 is 11.5 Å². The molecule has 5 aliphatic heterocycles. The Labute approximate surface area is 293 Å². The maximum absolute atomic E-state index is 12.7. The summed E-state index contributed by atoms with van der Waals surface area (Å²) in [6, 6.07) is 9.51. The number of hydrogen-bond donors (Lipinski definition) is 5. The third-order valence-electron chi connectivity index (χ3n) is 10.1. The van der Waals surface area contributed by atoms with E-state index in [2.05, 4.69) is 40.3 Å². The van der Waals surface area contributed by atoms with Crippen LogP contribution in [0, 0.1) is 29.8 Å². The summed E-state index contributed by atoms with van der Waals surface area (Å²) in [5.41, 5.74) is 14.4. The lowest BCUT2D eigenvalue weighted by molar-refractivity contribution is -0.121. The average molecular weight is 677 g/mol. The van der Waals surface area contributed by atoms with Gasteiger partial charge in [-0.1, -0.05) is 49.3 Å². The second-order valence-electron chi connectivity index (χ2n) is 13.8. The molecule has 2 aromatic carbocycles. The van der Waals surface area contributed by atoms with E-state index in [1.807, 2.05) is 37.4 Å². The number of benzene rings is 2. The van der Waals surface area contributed by atoms with Crippen LogP contribution in [-0.2, 0) is 24.1 Å². The van der Waals surface area contributed by atoms with Gasteiger partial charge in [-0.3, -0.25) is 15.1 Å². The molecular weight excluding hydrogens is 632 g/mol. The van der Waals surface area contributed by atoms with Crippen molar-refractivity contribution in [3.8, 4) is 35.4 Å². The number of Topliss-reactive ketones (excluding diaryl/α,β-unsaturated/α-hetero) is 1. The molecule has 6 atom stereocenters. The largest absolute Gasteiger partial charge is 0.465 e. The molecule has 10 nitrogen and oxygen atoms in total. The number of nitrogens with one attached hydrogen (secondary N) is 1. The first-order valence-electron chi connectivity index (χ1n) is 17.7. The molecule has 6 N–H and O–H groups in total. The van der Waals surface area contributed by atoms with Gasteiger partial charge in [0.25, 0.3) is 0 Å². The van der Waals surface area contributed by atoms with Gasteiger partial charge in [-0.2, -0.15) is 0 Å². The number of aliphatic imine (C=N–C) groups is 1. The predicted octanol–water partition coefficient (Wildman–Crippen LogP) is 3.49. The van der Waals surface area contributed by atoms with Crippen LogP contribution in [0.4, 0.5) is 0 Å². The van der Waals surface area contributed by atoms with Gasteiger partial charge in [0.2, 0.25) is 0 Å². The second-order valence-corrected chi connectivity index (χ2v) is 13.8. The van der Waals surface area contributed by atoms with E-state index < -0.39 is 30.5 Å². The van der Waals surface area contributed by atoms with Crippen LogP contribution in [0.15, 0.2) is 58.9 Å². The van der Waals surface area contributed by atoms with Gasteiger partial charge in [0, 0.05) is 50.2 Å². The molecule has 0 amide bonds. The van der Waals surface area contributed by atoms with Crippen molar-refractivity contribution in [2.75, 3.05) is 13.1 Å². The van der Waals surface area contributed by atoms with E-state index in [-0.39, 0.29) is 31.2 Å². The highest BCUT2D eigenvalue weighted by Crippen LogP contribution is 2.39. The van der Waals surface area contributed by atoms with Gasteiger partial charge in [0.1, 0.15) is 18.0 Å². The number of nitrogens with zero attached hydrogens (tertiary/aromatic N) is 2. The Kier molecular flexibility index (Phi) is 10.1. The lowest BCUT2D eigenvalue weighted by atomic mass is 9.84. The number of carbonyl (C=O) groups is 1. The van der Waals surface area contributed by atoms with E-state index in [0.29, 0.717) is 43.7 Å². The molecule has 0 fully saturated rings. The van der Waals surface area contributed by atoms with Gasteiger partial charge >= 0.3 is 0 Å². The smallest absolute Gasteiger partial charge is 0.187 e. The Morgan fingerprint density at radius 2 is 2.00 bits per heavy atom. The number of rotatable bonds is 9. The average Bonchev–Trinajstić information content (AvgIpc) is 3.69. The molecule has 6 unspecified atom stereocenters. The highest BCUT2D eigenvalue weighted by Gasteiger charge is 2.37. The maximum Gasteiger partial charge on any atom is 0.187 e. The lowest BCUT2D eigenvalue weighted by Crippen LogP contribution is -2.41. The number of ether oxygens (including phenoxy) is 2. The van der Waals surface area contributed by atoms with Crippen LogP contribution in [0.3, 0.4) is 0 Å². The third kappa shape index (κ3) is 7.22. The number of nitrogens with two attached hydrogens (primary N) is 1. The quantitative estimate of drug-likeness (QED) is 0.252. The van der Waals surface area contributed by atoms with Crippen molar-refractivity contribution in [2.45, 2.75) is 95.4 Å². The van der Waals surface area contributed by atoms with Crippen molar-refractivity contribution in [1.82, 2.24) is 10.2 Å². The number of allylic oxidation sites excluding steroid dienone is 1. The molecule has 0 spiro atoms. The van der Waals surface area contributed by atoms with Gasteiger partial charge in [0.15, 0.2) is 17.7 Å². The molecule has 5 heterocycles. The lowest BCUT2D eigenvalue weighted by Gasteiger charge is -2.32. The van der Waals surface area contributed by atoms with Gasteiger partial charge < -0.3 is 35.4 Å². The summed E-state index contributed by atoms with van der Waals surface area (Å²) in [4.78, 5) is 19.6. The first kappa shape index (κ1) is 34.0. The monoisotopic (exact) mass is 676 g/mol. The SMILES string of the molecule is CCCC(O)CC(O)CC(=O)CCc1ccc2c(c1)OC1C(C#CC(O)c3ccc4c(c3CC3=CN=C5CN1C=C35)CCNC4N)CC#CO2. The van der Waals surface area contributed by atoms with E-state index in [1.165, 1.54) is 5.56 Å². The van der Waals surface area contributed by atoms with E-state index in [4.69, 9.17) is 20.2 Å². The minimum Gasteiger partial charge on any atom is -0.465 e. The zero-order valence-electron chi connectivity index (χ0n) is 28.3. The summed E-state index contributed by atoms with van der Waals surface area (Å²) in [5.74, 6) is 10.1. The fourth-order valence-corrected chi connectivity index (χ4v) is 7.51. The first-order chi connectivity index (χ1) is 24.3.